The summed E-state index contributed by atoms with van der Waals surface area (Å²) in [6.45, 7) is 6.05. The Bertz CT molecular complexity index is 1920. The maximum atomic E-state index is 14.1. The number of fused-ring (bicyclic) bond motifs is 1. The van der Waals surface area contributed by atoms with E-state index in [9.17, 15) is 14.0 Å². The molecule has 1 aromatic heterocycles. The minimum absolute atomic E-state index is 0.162. The van der Waals surface area contributed by atoms with E-state index in [-0.39, 0.29) is 30.2 Å². The van der Waals surface area contributed by atoms with Crippen molar-refractivity contribution in [3.63, 3.8) is 0 Å². The van der Waals surface area contributed by atoms with Crippen LogP contribution in [0.25, 0.3) is 6.08 Å². The molecule has 0 unspecified atom stereocenters. The Labute approximate surface area is 262 Å². The summed E-state index contributed by atoms with van der Waals surface area (Å²) in [5, 5.41) is 0.457. The average Bonchev–Trinajstić information content (AvgIpc) is 3.30. The summed E-state index contributed by atoms with van der Waals surface area (Å²) >= 11 is 7.52. The number of ether oxygens (including phenoxy) is 4. The Morgan fingerprint density at radius 2 is 1.77 bits per heavy atom. The first-order valence-corrected chi connectivity index (χ1v) is 15.1. The fraction of sp³-hybridized carbons (Fsp3) is 0.242. The lowest BCUT2D eigenvalue weighted by Crippen LogP contribution is -2.40. The van der Waals surface area contributed by atoms with E-state index < -0.39 is 12.0 Å². The van der Waals surface area contributed by atoms with Gasteiger partial charge < -0.3 is 18.9 Å². The van der Waals surface area contributed by atoms with Crippen LogP contribution in [0, 0.1) is 5.82 Å². The van der Waals surface area contributed by atoms with E-state index in [0.717, 1.165) is 5.56 Å². The number of benzene rings is 3. The van der Waals surface area contributed by atoms with Crippen molar-refractivity contribution in [1.82, 2.24) is 4.57 Å². The minimum Gasteiger partial charge on any atom is -0.493 e. The van der Waals surface area contributed by atoms with Gasteiger partial charge in [-0.15, -0.1) is 0 Å². The zero-order chi connectivity index (χ0) is 31.4. The number of halogens is 2. The standard InChI is InChI=1S/C33H30ClFN2O6S/c1-5-41-27-16-21(9-13-26(27)40-4)30-29(32(39)42-6-2)19(3)36-33-37(30)31(38)28(44-33)17-22-15-23(34)10-14-25(22)43-18-20-7-11-24(35)12-8-20/h7-17,30H,5-6,18H2,1-4H3/b28-17-/t30-/m0/s1. The van der Waals surface area contributed by atoms with Gasteiger partial charge in [0.1, 0.15) is 18.2 Å². The van der Waals surface area contributed by atoms with Crippen LogP contribution in [0.5, 0.6) is 17.2 Å². The van der Waals surface area contributed by atoms with Crippen LogP contribution in [-0.4, -0.2) is 30.9 Å². The van der Waals surface area contributed by atoms with Crippen LogP contribution in [0.2, 0.25) is 5.02 Å². The molecule has 0 radical (unpaired) electrons. The third kappa shape index (κ3) is 6.41. The molecule has 0 saturated carbocycles. The van der Waals surface area contributed by atoms with E-state index in [1.54, 1.807) is 75.6 Å². The lowest BCUT2D eigenvalue weighted by molar-refractivity contribution is -0.139. The molecular weight excluding hydrogens is 607 g/mol. The highest BCUT2D eigenvalue weighted by atomic mass is 35.5. The van der Waals surface area contributed by atoms with E-state index >= 15 is 0 Å². The molecule has 0 amide bonds. The van der Waals surface area contributed by atoms with Crippen molar-refractivity contribution >= 4 is 35.0 Å². The van der Waals surface area contributed by atoms with Gasteiger partial charge in [-0.2, -0.15) is 0 Å². The van der Waals surface area contributed by atoms with Gasteiger partial charge in [-0.3, -0.25) is 9.36 Å². The number of esters is 1. The van der Waals surface area contributed by atoms with Crippen LogP contribution in [0.15, 0.2) is 81.7 Å². The van der Waals surface area contributed by atoms with Gasteiger partial charge in [0.15, 0.2) is 16.3 Å². The van der Waals surface area contributed by atoms with Crippen LogP contribution < -0.4 is 29.1 Å². The highest BCUT2D eigenvalue weighted by Gasteiger charge is 2.34. The number of methoxy groups -OCH3 is 1. The van der Waals surface area contributed by atoms with Crippen molar-refractivity contribution in [1.29, 1.82) is 0 Å². The molecule has 11 heteroatoms. The molecule has 5 rings (SSSR count). The zero-order valence-corrected chi connectivity index (χ0v) is 26.1. The van der Waals surface area contributed by atoms with Crippen LogP contribution >= 0.6 is 22.9 Å². The van der Waals surface area contributed by atoms with E-state index in [0.29, 0.717) is 55.0 Å². The third-order valence-corrected chi connectivity index (χ3v) is 8.10. The fourth-order valence-corrected chi connectivity index (χ4v) is 6.10. The first-order chi connectivity index (χ1) is 21.2. The normalized spacial score (nSPS) is 14.6. The van der Waals surface area contributed by atoms with E-state index in [1.807, 2.05) is 6.92 Å². The van der Waals surface area contributed by atoms with Crippen LogP contribution in [0.4, 0.5) is 4.39 Å². The molecule has 3 aromatic carbocycles. The first-order valence-electron chi connectivity index (χ1n) is 13.9. The van der Waals surface area contributed by atoms with Gasteiger partial charge in [-0.25, -0.2) is 14.2 Å². The average molecular weight is 637 g/mol. The summed E-state index contributed by atoms with van der Waals surface area (Å²) in [7, 11) is 1.54. The largest absolute Gasteiger partial charge is 0.493 e. The molecule has 1 aliphatic heterocycles. The van der Waals surface area contributed by atoms with Crippen molar-refractivity contribution in [3.8, 4) is 17.2 Å². The van der Waals surface area contributed by atoms with Crippen LogP contribution in [0.1, 0.15) is 43.5 Å². The Balaban J connectivity index is 1.64. The molecule has 1 aliphatic rings. The van der Waals surface area contributed by atoms with Crippen molar-refractivity contribution < 1.29 is 28.1 Å². The Hall–Kier alpha value is -4.41. The van der Waals surface area contributed by atoms with Gasteiger partial charge in [0.2, 0.25) is 0 Å². The van der Waals surface area contributed by atoms with Crippen molar-refractivity contribution in [2.45, 2.75) is 33.4 Å². The van der Waals surface area contributed by atoms with Crippen molar-refractivity contribution in [2.24, 2.45) is 4.99 Å². The maximum Gasteiger partial charge on any atom is 0.338 e. The Morgan fingerprint density at radius 1 is 1.02 bits per heavy atom. The highest BCUT2D eigenvalue weighted by Crippen LogP contribution is 2.36. The zero-order valence-electron chi connectivity index (χ0n) is 24.6. The maximum absolute atomic E-state index is 14.1. The number of carbonyl (C=O) groups excluding carboxylic acids is 1. The number of aromatic nitrogens is 1. The SMILES string of the molecule is CCOC(=O)C1=C(C)N=c2s/c(=C\c3cc(Cl)ccc3OCc3ccc(F)cc3)c(=O)n2[C@H]1c1ccc(OC)c(OCC)c1. The molecule has 8 nitrogen and oxygen atoms in total. The molecule has 2 heterocycles. The van der Waals surface area contributed by atoms with Crippen LogP contribution in [0.3, 0.4) is 0 Å². The lowest BCUT2D eigenvalue weighted by atomic mass is 9.95. The summed E-state index contributed by atoms with van der Waals surface area (Å²) in [4.78, 5) is 32.4. The summed E-state index contributed by atoms with van der Waals surface area (Å²) in [6.07, 6.45) is 1.69. The molecule has 44 heavy (non-hydrogen) atoms. The lowest BCUT2D eigenvalue weighted by Gasteiger charge is -2.25. The summed E-state index contributed by atoms with van der Waals surface area (Å²) < 4.78 is 37.9. The molecule has 0 bridgehead atoms. The van der Waals surface area contributed by atoms with E-state index in [1.165, 1.54) is 28.0 Å². The third-order valence-electron chi connectivity index (χ3n) is 6.89. The van der Waals surface area contributed by atoms with Crippen LogP contribution in [-0.2, 0) is 16.1 Å². The number of nitrogens with zero attached hydrogens (tertiary/aromatic N) is 2. The van der Waals surface area contributed by atoms with Crippen molar-refractivity contribution in [3.05, 3.63) is 119 Å². The van der Waals surface area contributed by atoms with Gasteiger partial charge in [0.25, 0.3) is 5.56 Å². The number of hydrogen-bond donors (Lipinski definition) is 0. The number of rotatable bonds is 10. The molecule has 0 fully saturated rings. The predicted octanol–water partition coefficient (Wildman–Crippen LogP) is 5.58. The fourth-order valence-electron chi connectivity index (χ4n) is 4.89. The van der Waals surface area contributed by atoms with Crippen molar-refractivity contribution in [2.75, 3.05) is 20.3 Å². The monoisotopic (exact) mass is 636 g/mol. The number of hydrogen-bond acceptors (Lipinski definition) is 8. The molecular formula is C33H30ClFN2O6S. The van der Waals surface area contributed by atoms with Gasteiger partial charge in [0.05, 0.1) is 42.2 Å². The summed E-state index contributed by atoms with van der Waals surface area (Å²) in [5.74, 6) is 0.596. The quantitative estimate of drug-likeness (QED) is 0.211. The molecule has 228 valence electrons. The molecule has 0 saturated heterocycles. The molecule has 0 N–H and O–H groups in total. The molecule has 4 aromatic rings. The van der Waals surface area contributed by atoms with E-state index in [2.05, 4.69) is 4.99 Å². The predicted molar refractivity (Wildman–Crippen MR) is 167 cm³/mol. The first kappa shape index (κ1) is 31.0. The van der Waals surface area contributed by atoms with Gasteiger partial charge >= 0.3 is 5.97 Å². The van der Waals surface area contributed by atoms with Gasteiger partial charge in [-0.1, -0.05) is 41.1 Å². The minimum atomic E-state index is -0.828. The molecule has 1 atom stereocenters. The second kappa shape index (κ2) is 13.5. The molecule has 0 aliphatic carbocycles. The summed E-state index contributed by atoms with van der Waals surface area (Å²) in [5.41, 5.74) is 2.33. The number of allylic oxidation sites excluding steroid dienone is 1. The van der Waals surface area contributed by atoms with E-state index in [4.69, 9.17) is 30.5 Å². The second-order valence-corrected chi connectivity index (χ2v) is 11.2. The highest BCUT2D eigenvalue weighted by molar-refractivity contribution is 7.07. The number of carbonyl (C=O) groups is 1. The Kier molecular flexibility index (Phi) is 9.51. The second-order valence-electron chi connectivity index (χ2n) is 9.74. The smallest absolute Gasteiger partial charge is 0.338 e. The molecule has 0 spiro atoms. The topological polar surface area (TPSA) is 88.4 Å². The number of thiazole rings is 1. The van der Waals surface area contributed by atoms with Gasteiger partial charge in [-0.05, 0) is 80.4 Å². The van der Waals surface area contributed by atoms with Gasteiger partial charge in [0, 0.05) is 10.6 Å². The summed E-state index contributed by atoms with van der Waals surface area (Å²) in [6, 6.07) is 15.6. The Morgan fingerprint density at radius 3 is 2.48 bits per heavy atom.